The molecule has 0 radical (unpaired) electrons. The Morgan fingerprint density at radius 3 is 2.61 bits per heavy atom. The van der Waals surface area contributed by atoms with E-state index in [-0.39, 0.29) is 20.8 Å². The SMILES string of the molecule is Nc1cccc(Cl)c1C(=O)c1ccc(F)c(Br)c1. The number of carbonyl (C=O) groups is 1. The molecule has 2 nitrogen and oxygen atoms in total. The van der Waals surface area contributed by atoms with E-state index in [1.54, 1.807) is 18.2 Å². The molecule has 0 heterocycles. The molecular weight excluding hydrogens is 321 g/mol. The highest BCUT2D eigenvalue weighted by molar-refractivity contribution is 9.10. The van der Waals surface area contributed by atoms with Crippen LogP contribution in [-0.4, -0.2) is 5.78 Å². The van der Waals surface area contributed by atoms with E-state index in [9.17, 15) is 9.18 Å². The highest BCUT2D eigenvalue weighted by Gasteiger charge is 2.16. The molecule has 2 aromatic carbocycles. The molecule has 0 amide bonds. The van der Waals surface area contributed by atoms with Gasteiger partial charge in [0.25, 0.3) is 0 Å². The van der Waals surface area contributed by atoms with Crippen LogP contribution in [0.2, 0.25) is 5.02 Å². The number of hydrogen-bond donors (Lipinski definition) is 1. The van der Waals surface area contributed by atoms with Crippen molar-refractivity contribution in [1.82, 2.24) is 0 Å². The zero-order valence-corrected chi connectivity index (χ0v) is 11.4. The molecule has 18 heavy (non-hydrogen) atoms. The molecule has 0 atom stereocenters. The normalized spacial score (nSPS) is 10.4. The molecule has 0 unspecified atom stereocenters. The highest BCUT2D eigenvalue weighted by atomic mass is 79.9. The van der Waals surface area contributed by atoms with Crippen LogP contribution in [0, 0.1) is 5.82 Å². The maximum Gasteiger partial charge on any atom is 0.196 e. The fourth-order valence-electron chi connectivity index (χ4n) is 1.56. The number of rotatable bonds is 2. The first-order valence-electron chi connectivity index (χ1n) is 5.04. The molecule has 0 aliphatic carbocycles. The number of halogens is 3. The molecule has 0 spiro atoms. The molecule has 0 fully saturated rings. The first-order valence-corrected chi connectivity index (χ1v) is 6.21. The van der Waals surface area contributed by atoms with Crippen LogP contribution in [0.5, 0.6) is 0 Å². The molecule has 0 saturated carbocycles. The monoisotopic (exact) mass is 327 g/mol. The van der Waals surface area contributed by atoms with Gasteiger partial charge in [-0.3, -0.25) is 4.79 Å². The molecule has 2 rings (SSSR count). The second kappa shape index (κ2) is 5.08. The molecule has 0 aromatic heterocycles. The van der Waals surface area contributed by atoms with Crippen molar-refractivity contribution in [1.29, 1.82) is 0 Å². The Hall–Kier alpha value is -1.39. The summed E-state index contributed by atoms with van der Waals surface area (Å²) in [6.45, 7) is 0. The van der Waals surface area contributed by atoms with E-state index in [0.717, 1.165) is 0 Å². The molecule has 92 valence electrons. The fourth-order valence-corrected chi connectivity index (χ4v) is 2.21. The molecule has 0 aliphatic heterocycles. The van der Waals surface area contributed by atoms with Crippen molar-refractivity contribution < 1.29 is 9.18 Å². The third-order valence-electron chi connectivity index (χ3n) is 2.45. The Bertz CT molecular complexity index is 610. The van der Waals surface area contributed by atoms with Gasteiger partial charge in [-0.1, -0.05) is 17.7 Å². The van der Waals surface area contributed by atoms with Crippen molar-refractivity contribution in [2.24, 2.45) is 0 Å². The van der Waals surface area contributed by atoms with Gasteiger partial charge in [0.2, 0.25) is 0 Å². The van der Waals surface area contributed by atoms with Gasteiger partial charge in [0.1, 0.15) is 5.82 Å². The smallest absolute Gasteiger partial charge is 0.196 e. The van der Waals surface area contributed by atoms with E-state index in [1.165, 1.54) is 18.2 Å². The lowest BCUT2D eigenvalue weighted by Gasteiger charge is -2.07. The lowest BCUT2D eigenvalue weighted by Crippen LogP contribution is -2.06. The van der Waals surface area contributed by atoms with Crippen LogP contribution in [0.1, 0.15) is 15.9 Å². The molecule has 0 aliphatic rings. The standard InChI is InChI=1S/C13H8BrClFNO/c14-8-6-7(4-5-10(8)16)13(18)12-9(15)2-1-3-11(12)17/h1-6H,17H2. The summed E-state index contributed by atoms with van der Waals surface area (Å²) in [6.07, 6.45) is 0. The average molecular weight is 329 g/mol. The molecule has 0 bridgehead atoms. The van der Waals surface area contributed by atoms with Crippen LogP contribution in [0.15, 0.2) is 40.9 Å². The van der Waals surface area contributed by atoms with Gasteiger partial charge < -0.3 is 5.73 Å². The number of hydrogen-bond acceptors (Lipinski definition) is 2. The van der Waals surface area contributed by atoms with Crippen molar-refractivity contribution >= 4 is 39.0 Å². The maximum absolute atomic E-state index is 13.1. The van der Waals surface area contributed by atoms with Gasteiger partial charge in [0, 0.05) is 11.3 Å². The molecule has 2 aromatic rings. The number of benzene rings is 2. The van der Waals surface area contributed by atoms with Crippen LogP contribution < -0.4 is 5.73 Å². The first-order chi connectivity index (χ1) is 8.50. The van der Waals surface area contributed by atoms with Gasteiger partial charge in [0.15, 0.2) is 5.78 Å². The fraction of sp³-hybridized carbons (Fsp3) is 0. The Balaban J connectivity index is 2.51. The van der Waals surface area contributed by atoms with Crippen molar-refractivity contribution in [2.45, 2.75) is 0 Å². The number of nitrogens with two attached hydrogens (primary N) is 1. The van der Waals surface area contributed by atoms with Crippen LogP contribution in [-0.2, 0) is 0 Å². The van der Waals surface area contributed by atoms with E-state index >= 15 is 0 Å². The number of anilines is 1. The Labute approximate surface area is 117 Å². The molecule has 2 N–H and O–H groups in total. The quantitative estimate of drug-likeness (QED) is 0.667. The van der Waals surface area contributed by atoms with Crippen LogP contribution in [0.25, 0.3) is 0 Å². The van der Waals surface area contributed by atoms with Gasteiger partial charge in [-0.25, -0.2) is 4.39 Å². The van der Waals surface area contributed by atoms with Crippen molar-refractivity contribution in [3.63, 3.8) is 0 Å². The van der Waals surface area contributed by atoms with E-state index in [2.05, 4.69) is 15.9 Å². The number of carbonyl (C=O) groups excluding carboxylic acids is 1. The lowest BCUT2D eigenvalue weighted by atomic mass is 10.0. The molecule has 0 saturated heterocycles. The maximum atomic E-state index is 13.1. The van der Waals surface area contributed by atoms with Crippen molar-refractivity contribution in [2.75, 3.05) is 5.73 Å². The zero-order valence-electron chi connectivity index (χ0n) is 9.08. The van der Waals surface area contributed by atoms with Crippen LogP contribution >= 0.6 is 27.5 Å². The van der Waals surface area contributed by atoms with Gasteiger partial charge in [-0.05, 0) is 46.3 Å². The Kier molecular flexibility index (Phi) is 3.68. The summed E-state index contributed by atoms with van der Waals surface area (Å²) in [5.41, 5.74) is 6.59. The molecule has 5 heteroatoms. The number of ketones is 1. The van der Waals surface area contributed by atoms with Crippen LogP contribution in [0.3, 0.4) is 0 Å². The summed E-state index contributed by atoms with van der Waals surface area (Å²) in [6, 6.07) is 8.85. The summed E-state index contributed by atoms with van der Waals surface area (Å²) in [5, 5.41) is 0.278. The van der Waals surface area contributed by atoms with E-state index in [0.29, 0.717) is 11.3 Å². The Morgan fingerprint density at radius 2 is 2.00 bits per heavy atom. The summed E-state index contributed by atoms with van der Waals surface area (Å²) < 4.78 is 13.3. The van der Waals surface area contributed by atoms with Gasteiger partial charge in [-0.15, -0.1) is 0 Å². The van der Waals surface area contributed by atoms with Gasteiger partial charge in [0.05, 0.1) is 15.1 Å². The topological polar surface area (TPSA) is 43.1 Å². The van der Waals surface area contributed by atoms with E-state index in [1.807, 2.05) is 0 Å². The summed E-state index contributed by atoms with van der Waals surface area (Å²) in [5.74, 6) is -0.766. The zero-order chi connectivity index (χ0) is 13.3. The van der Waals surface area contributed by atoms with E-state index in [4.69, 9.17) is 17.3 Å². The minimum Gasteiger partial charge on any atom is -0.398 e. The van der Waals surface area contributed by atoms with Gasteiger partial charge >= 0.3 is 0 Å². The third-order valence-corrected chi connectivity index (χ3v) is 3.38. The summed E-state index contributed by atoms with van der Waals surface area (Å²) >= 11 is 8.99. The van der Waals surface area contributed by atoms with Crippen LogP contribution in [0.4, 0.5) is 10.1 Å². The highest BCUT2D eigenvalue weighted by Crippen LogP contribution is 2.26. The first kappa shape index (κ1) is 13.1. The number of nitrogen functional groups attached to an aromatic ring is 1. The second-order valence-corrected chi connectivity index (χ2v) is 4.92. The molecular formula is C13H8BrClFNO. The summed E-state index contributed by atoms with van der Waals surface area (Å²) in [7, 11) is 0. The average Bonchev–Trinajstić information content (AvgIpc) is 2.32. The Morgan fingerprint density at radius 1 is 1.28 bits per heavy atom. The minimum absolute atomic E-state index is 0.221. The predicted molar refractivity (Wildman–Crippen MR) is 73.4 cm³/mol. The minimum atomic E-state index is -0.432. The predicted octanol–water partition coefficient (Wildman–Crippen LogP) is 4.05. The summed E-state index contributed by atoms with van der Waals surface area (Å²) in [4.78, 5) is 12.2. The lowest BCUT2D eigenvalue weighted by molar-refractivity contribution is 0.103. The second-order valence-electron chi connectivity index (χ2n) is 3.66. The van der Waals surface area contributed by atoms with Crippen molar-refractivity contribution in [3.8, 4) is 0 Å². The van der Waals surface area contributed by atoms with E-state index < -0.39 is 5.82 Å². The largest absolute Gasteiger partial charge is 0.398 e. The third kappa shape index (κ3) is 2.40. The van der Waals surface area contributed by atoms with Crippen molar-refractivity contribution in [3.05, 3.63) is 62.8 Å². The van der Waals surface area contributed by atoms with Gasteiger partial charge in [-0.2, -0.15) is 0 Å².